The number of aromatic nitrogens is 2. The lowest BCUT2D eigenvalue weighted by molar-refractivity contribution is 0.414. The van der Waals surface area contributed by atoms with Crippen molar-refractivity contribution in [2.75, 3.05) is 24.4 Å². The molecule has 1 N–H and O–H groups in total. The highest BCUT2D eigenvalue weighted by atomic mass is 16.5. The second kappa shape index (κ2) is 8.34. The van der Waals surface area contributed by atoms with Crippen molar-refractivity contribution in [3.63, 3.8) is 0 Å². The van der Waals surface area contributed by atoms with Crippen LogP contribution in [0.2, 0.25) is 0 Å². The van der Waals surface area contributed by atoms with E-state index in [0.29, 0.717) is 6.54 Å². The van der Waals surface area contributed by atoms with Gasteiger partial charge in [-0.05, 0) is 30.2 Å². The Hall–Kier alpha value is -3.08. The molecule has 3 aromatic rings. The predicted octanol–water partition coefficient (Wildman–Crippen LogP) is 4.04. The molecule has 1 heterocycles. The first-order valence-corrected chi connectivity index (χ1v) is 8.61. The van der Waals surface area contributed by atoms with Gasteiger partial charge < -0.3 is 15.0 Å². The monoisotopic (exact) mass is 348 g/mol. The summed E-state index contributed by atoms with van der Waals surface area (Å²) in [6, 6.07) is 20.4. The smallest absolute Gasteiger partial charge is 0.134 e. The van der Waals surface area contributed by atoms with Crippen molar-refractivity contribution >= 4 is 11.6 Å². The molecule has 0 fully saturated rings. The van der Waals surface area contributed by atoms with Crippen molar-refractivity contribution in [2.24, 2.45) is 0 Å². The van der Waals surface area contributed by atoms with Gasteiger partial charge in [0, 0.05) is 26.2 Å². The van der Waals surface area contributed by atoms with Crippen LogP contribution in [0.3, 0.4) is 0 Å². The van der Waals surface area contributed by atoms with Crippen molar-refractivity contribution < 1.29 is 4.74 Å². The molecule has 0 saturated carbocycles. The number of anilines is 2. The first-order valence-electron chi connectivity index (χ1n) is 8.61. The van der Waals surface area contributed by atoms with Gasteiger partial charge in [0.2, 0.25) is 0 Å². The van der Waals surface area contributed by atoms with Gasteiger partial charge in [0.1, 0.15) is 23.2 Å². The fraction of sp³-hybridized carbons (Fsp3) is 0.238. The molecule has 0 radical (unpaired) electrons. The van der Waals surface area contributed by atoms with Crippen LogP contribution in [0.4, 0.5) is 11.6 Å². The Labute approximate surface area is 154 Å². The number of aryl methyl sites for hydroxylation is 1. The number of nitrogens with one attached hydrogen (secondary N) is 1. The Balaban J connectivity index is 1.68. The molecule has 2 aromatic carbocycles. The van der Waals surface area contributed by atoms with E-state index < -0.39 is 0 Å². The van der Waals surface area contributed by atoms with E-state index in [4.69, 9.17) is 4.74 Å². The summed E-state index contributed by atoms with van der Waals surface area (Å²) in [7, 11) is 3.71. The van der Waals surface area contributed by atoms with Crippen molar-refractivity contribution in [3.8, 4) is 5.75 Å². The van der Waals surface area contributed by atoms with E-state index in [1.54, 1.807) is 7.11 Å². The van der Waals surface area contributed by atoms with E-state index in [1.807, 2.05) is 50.4 Å². The first kappa shape index (κ1) is 17.7. The third-order valence-corrected chi connectivity index (χ3v) is 4.11. The minimum absolute atomic E-state index is 0.697. The highest BCUT2D eigenvalue weighted by Gasteiger charge is 2.07. The summed E-state index contributed by atoms with van der Waals surface area (Å²) >= 11 is 0. The largest absolute Gasteiger partial charge is 0.497 e. The molecule has 1 aromatic heterocycles. The van der Waals surface area contributed by atoms with Gasteiger partial charge in [-0.3, -0.25) is 0 Å². The topological polar surface area (TPSA) is 50.3 Å². The van der Waals surface area contributed by atoms with E-state index in [-0.39, 0.29) is 0 Å². The normalized spacial score (nSPS) is 10.4. The molecule has 0 atom stereocenters. The molecule has 0 amide bonds. The van der Waals surface area contributed by atoms with Crippen LogP contribution < -0.4 is 15.0 Å². The van der Waals surface area contributed by atoms with E-state index in [9.17, 15) is 0 Å². The molecule has 0 bridgehead atoms. The molecular formula is C21H24N4O. The standard InChI is InChI=1S/C21H24N4O/c1-16-23-20(22-14-17-9-11-19(26-3)12-10-17)13-21(24-16)25(2)15-18-7-5-4-6-8-18/h4-13H,14-15H2,1-3H3,(H,22,23,24). The van der Waals surface area contributed by atoms with Crippen LogP contribution in [0.5, 0.6) is 5.75 Å². The summed E-state index contributed by atoms with van der Waals surface area (Å²) in [5.41, 5.74) is 2.42. The van der Waals surface area contributed by atoms with Gasteiger partial charge in [-0.25, -0.2) is 9.97 Å². The second-order valence-electron chi connectivity index (χ2n) is 6.20. The minimum Gasteiger partial charge on any atom is -0.497 e. The fourth-order valence-corrected chi connectivity index (χ4v) is 2.71. The number of benzene rings is 2. The highest BCUT2D eigenvalue weighted by molar-refractivity contribution is 5.49. The zero-order valence-corrected chi connectivity index (χ0v) is 15.4. The highest BCUT2D eigenvalue weighted by Crippen LogP contribution is 2.18. The van der Waals surface area contributed by atoms with Crippen LogP contribution in [-0.4, -0.2) is 24.1 Å². The third kappa shape index (κ3) is 4.72. The maximum absolute atomic E-state index is 5.19. The van der Waals surface area contributed by atoms with Crippen LogP contribution in [0.15, 0.2) is 60.7 Å². The van der Waals surface area contributed by atoms with Gasteiger partial charge in [-0.1, -0.05) is 42.5 Å². The molecule has 0 unspecified atom stereocenters. The Morgan fingerprint density at radius 1 is 0.962 bits per heavy atom. The maximum Gasteiger partial charge on any atom is 0.134 e. The van der Waals surface area contributed by atoms with Crippen LogP contribution >= 0.6 is 0 Å². The zero-order valence-electron chi connectivity index (χ0n) is 15.4. The Bertz CT molecular complexity index is 834. The number of hydrogen-bond donors (Lipinski definition) is 1. The van der Waals surface area contributed by atoms with Gasteiger partial charge in [0.25, 0.3) is 0 Å². The molecule has 26 heavy (non-hydrogen) atoms. The van der Waals surface area contributed by atoms with Gasteiger partial charge in [0.05, 0.1) is 7.11 Å². The Kier molecular flexibility index (Phi) is 5.69. The lowest BCUT2D eigenvalue weighted by atomic mass is 10.2. The number of nitrogens with zero attached hydrogens (tertiary/aromatic N) is 3. The predicted molar refractivity (Wildman–Crippen MR) is 106 cm³/mol. The number of methoxy groups -OCH3 is 1. The average Bonchev–Trinajstić information content (AvgIpc) is 2.67. The summed E-state index contributed by atoms with van der Waals surface area (Å²) in [6.45, 7) is 3.41. The maximum atomic E-state index is 5.19. The summed E-state index contributed by atoms with van der Waals surface area (Å²) in [5.74, 6) is 3.33. The molecule has 0 aliphatic carbocycles. The van der Waals surface area contributed by atoms with Crippen molar-refractivity contribution in [1.29, 1.82) is 0 Å². The number of hydrogen-bond acceptors (Lipinski definition) is 5. The van der Waals surface area contributed by atoms with Gasteiger partial charge in [0.15, 0.2) is 0 Å². The van der Waals surface area contributed by atoms with Gasteiger partial charge in [-0.2, -0.15) is 0 Å². The van der Waals surface area contributed by atoms with Crippen LogP contribution in [0.1, 0.15) is 17.0 Å². The van der Waals surface area contributed by atoms with E-state index in [2.05, 4.69) is 44.5 Å². The molecule has 0 saturated heterocycles. The van der Waals surface area contributed by atoms with Crippen molar-refractivity contribution in [3.05, 3.63) is 77.6 Å². The summed E-state index contributed by atoms with van der Waals surface area (Å²) in [4.78, 5) is 11.2. The third-order valence-electron chi connectivity index (χ3n) is 4.11. The molecule has 3 rings (SSSR count). The molecule has 5 heteroatoms. The average molecular weight is 348 g/mol. The lowest BCUT2D eigenvalue weighted by Gasteiger charge is -2.19. The summed E-state index contributed by atoms with van der Waals surface area (Å²) in [6.07, 6.45) is 0. The van der Waals surface area contributed by atoms with Crippen molar-refractivity contribution in [1.82, 2.24) is 9.97 Å². The zero-order chi connectivity index (χ0) is 18.4. The molecule has 0 aliphatic heterocycles. The number of ether oxygens (including phenoxy) is 1. The molecular weight excluding hydrogens is 324 g/mol. The van der Waals surface area contributed by atoms with Gasteiger partial charge >= 0.3 is 0 Å². The molecule has 134 valence electrons. The minimum atomic E-state index is 0.697. The lowest BCUT2D eigenvalue weighted by Crippen LogP contribution is -2.18. The van der Waals surface area contributed by atoms with Gasteiger partial charge in [-0.15, -0.1) is 0 Å². The van der Waals surface area contributed by atoms with E-state index >= 15 is 0 Å². The SMILES string of the molecule is COc1ccc(CNc2cc(N(C)Cc3ccccc3)nc(C)n2)cc1. The summed E-state index contributed by atoms with van der Waals surface area (Å²) in [5, 5.41) is 3.38. The van der Waals surface area contributed by atoms with E-state index in [1.165, 1.54) is 11.1 Å². The summed E-state index contributed by atoms with van der Waals surface area (Å²) < 4.78 is 5.19. The Morgan fingerprint density at radius 2 is 1.69 bits per heavy atom. The van der Waals surface area contributed by atoms with Crippen LogP contribution in [0, 0.1) is 6.92 Å². The second-order valence-corrected chi connectivity index (χ2v) is 6.20. The quantitative estimate of drug-likeness (QED) is 0.698. The Morgan fingerprint density at radius 3 is 2.38 bits per heavy atom. The fourth-order valence-electron chi connectivity index (χ4n) is 2.71. The van der Waals surface area contributed by atoms with Crippen LogP contribution in [0.25, 0.3) is 0 Å². The van der Waals surface area contributed by atoms with E-state index in [0.717, 1.165) is 29.8 Å². The number of rotatable bonds is 7. The molecule has 5 nitrogen and oxygen atoms in total. The van der Waals surface area contributed by atoms with Crippen LogP contribution in [-0.2, 0) is 13.1 Å². The molecule has 0 spiro atoms. The first-order chi connectivity index (χ1) is 12.6. The van der Waals surface area contributed by atoms with Crippen molar-refractivity contribution in [2.45, 2.75) is 20.0 Å². The molecule has 0 aliphatic rings.